The van der Waals surface area contributed by atoms with Crippen molar-refractivity contribution in [2.24, 2.45) is 0 Å². The van der Waals surface area contributed by atoms with Gasteiger partial charge in [-0.3, -0.25) is 14.5 Å². The molecule has 0 N–H and O–H groups in total. The molecule has 3 aromatic carbocycles. The second-order valence-electron chi connectivity index (χ2n) is 12.5. The Bertz CT molecular complexity index is 1910. The maximum atomic E-state index is 14.2. The van der Waals surface area contributed by atoms with E-state index in [0.717, 1.165) is 33.4 Å². The number of hydrogen-bond donors (Lipinski definition) is 0. The molecule has 0 radical (unpaired) electrons. The van der Waals surface area contributed by atoms with E-state index in [1.807, 2.05) is 77.7 Å². The van der Waals surface area contributed by atoms with Crippen molar-refractivity contribution < 1.29 is 22.8 Å². The quantitative estimate of drug-likeness (QED) is 0.186. The van der Waals surface area contributed by atoms with Crippen LogP contribution in [-0.2, 0) is 6.18 Å². The van der Waals surface area contributed by atoms with Crippen LogP contribution in [0.1, 0.15) is 39.3 Å². The molecule has 256 valence electrons. The average Bonchev–Trinajstić information content (AvgIpc) is 3.62. The molecule has 0 aliphatic carbocycles. The van der Waals surface area contributed by atoms with Crippen LogP contribution in [0.15, 0.2) is 103 Å². The first-order valence-corrected chi connectivity index (χ1v) is 16.9. The van der Waals surface area contributed by atoms with Crippen LogP contribution in [0.4, 0.5) is 13.2 Å². The standard InChI is InChI=1S/C38H34ClF3N6O2/c39-29-11-13-31(14-12-29)48-35(38(40,41)42)32(25-43-48)37(50)46-17-15-30(16-18-46)45-19-21-47(22-20-45)36(49)28-23-33(26-7-3-1-4-8-26)44-34(24-28)27-9-5-2-6-10-27/h1-14,23-25,30H,15-22H2. The van der Waals surface area contributed by atoms with Gasteiger partial charge in [0, 0.05) is 67.0 Å². The fourth-order valence-electron chi connectivity index (χ4n) is 6.80. The number of hydrogen-bond acceptors (Lipinski definition) is 5. The molecular formula is C38H34ClF3N6O2. The molecule has 2 fully saturated rings. The highest BCUT2D eigenvalue weighted by atomic mass is 35.5. The van der Waals surface area contributed by atoms with Gasteiger partial charge in [0.25, 0.3) is 11.8 Å². The molecule has 0 saturated carbocycles. The van der Waals surface area contributed by atoms with Crippen molar-refractivity contribution in [3.63, 3.8) is 0 Å². The number of nitrogens with zero attached hydrogens (tertiary/aromatic N) is 6. The van der Waals surface area contributed by atoms with E-state index in [0.29, 0.717) is 62.7 Å². The second kappa shape index (κ2) is 14.1. The number of halogens is 4. The molecule has 5 aromatic rings. The lowest BCUT2D eigenvalue weighted by Crippen LogP contribution is -2.54. The summed E-state index contributed by atoms with van der Waals surface area (Å²) >= 11 is 5.91. The van der Waals surface area contributed by atoms with Crippen molar-refractivity contribution in [3.05, 3.63) is 125 Å². The van der Waals surface area contributed by atoms with Gasteiger partial charge in [-0.1, -0.05) is 72.3 Å². The highest BCUT2D eigenvalue weighted by Crippen LogP contribution is 2.35. The first-order valence-electron chi connectivity index (χ1n) is 16.5. The number of piperidine rings is 1. The summed E-state index contributed by atoms with van der Waals surface area (Å²) in [5, 5.41) is 4.31. The van der Waals surface area contributed by atoms with E-state index in [9.17, 15) is 22.8 Å². The summed E-state index contributed by atoms with van der Waals surface area (Å²) in [7, 11) is 0. The smallest absolute Gasteiger partial charge is 0.338 e. The van der Waals surface area contributed by atoms with E-state index in [2.05, 4.69) is 10.00 Å². The van der Waals surface area contributed by atoms with Gasteiger partial charge in [0.15, 0.2) is 5.69 Å². The highest BCUT2D eigenvalue weighted by Gasteiger charge is 2.42. The van der Waals surface area contributed by atoms with Crippen LogP contribution in [0.5, 0.6) is 0 Å². The Balaban J connectivity index is 0.996. The summed E-state index contributed by atoms with van der Waals surface area (Å²) in [6.45, 7) is 3.07. The van der Waals surface area contributed by atoms with E-state index in [4.69, 9.17) is 16.6 Å². The summed E-state index contributed by atoms with van der Waals surface area (Å²) in [4.78, 5) is 37.8. The molecule has 2 aromatic heterocycles. The molecule has 0 unspecified atom stereocenters. The number of carbonyl (C=O) groups is 2. The van der Waals surface area contributed by atoms with Crippen LogP contribution in [0, 0.1) is 0 Å². The van der Waals surface area contributed by atoms with Gasteiger partial charge >= 0.3 is 6.18 Å². The number of pyridine rings is 1. The topological polar surface area (TPSA) is 74.6 Å². The average molecular weight is 699 g/mol. The zero-order valence-corrected chi connectivity index (χ0v) is 27.8. The molecule has 50 heavy (non-hydrogen) atoms. The summed E-state index contributed by atoms with van der Waals surface area (Å²) < 4.78 is 43.5. The van der Waals surface area contributed by atoms with Gasteiger partial charge in [0.05, 0.1) is 28.8 Å². The zero-order valence-electron chi connectivity index (χ0n) is 27.1. The minimum absolute atomic E-state index is 0.0542. The Labute approximate surface area is 292 Å². The molecule has 2 aliphatic rings. The van der Waals surface area contributed by atoms with Crippen molar-refractivity contribution in [1.82, 2.24) is 29.5 Å². The third-order valence-corrected chi connectivity index (χ3v) is 9.67. The molecule has 4 heterocycles. The van der Waals surface area contributed by atoms with Crippen molar-refractivity contribution in [2.45, 2.75) is 25.1 Å². The highest BCUT2D eigenvalue weighted by molar-refractivity contribution is 6.30. The third kappa shape index (κ3) is 7.01. The fraction of sp³-hybridized carbons (Fsp3) is 0.263. The van der Waals surface area contributed by atoms with Gasteiger partial charge in [-0.25, -0.2) is 9.67 Å². The third-order valence-electron chi connectivity index (χ3n) is 9.42. The molecule has 0 atom stereocenters. The molecule has 0 spiro atoms. The fourth-order valence-corrected chi connectivity index (χ4v) is 6.93. The van der Waals surface area contributed by atoms with Crippen molar-refractivity contribution in [2.75, 3.05) is 39.3 Å². The number of alkyl halides is 3. The first-order chi connectivity index (χ1) is 24.2. The van der Waals surface area contributed by atoms with Gasteiger partial charge in [-0.15, -0.1) is 0 Å². The molecule has 8 nitrogen and oxygen atoms in total. The number of piperazine rings is 1. The Morgan fingerprint density at radius 1 is 0.700 bits per heavy atom. The number of rotatable bonds is 6. The van der Waals surface area contributed by atoms with Crippen molar-refractivity contribution in [1.29, 1.82) is 0 Å². The molecule has 7 rings (SSSR count). The summed E-state index contributed by atoms with van der Waals surface area (Å²) in [6.07, 6.45) is -2.55. The SMILES string of the molecule is O=C(c1cc(-c2ccccc2)nc(-c2ccccc2)c1)N1CCN(C2CCN(C(=O)c3cnn(-c4ccc(Cl)cc4)c3C(F)(F)F)CC2)CC1. The maximum Gasteiger partial charge on any atom is 0.434 e. The van der Waals surface area contributed by atoms with Gasteiger partial charge in [0.2, 0.25) is 0 Å². The summed E-state index contributed by atoms with van der Waals surface area (Å²) in [5.74, 6) is -0.741. The Hall–Kier alpha value is -5.00. The molecule has 12 heteroatoms. The molecule has 2 amide bonds. The lowest BCUT2D eigenvalue weighted by molar-refractivity contribution is -0.143. The Morgan fingerprint density at radius 3 is 1.78 bits per heavy atom. The number of likely N-dealkylation sites (tertiary alicyclic amines) is 1. The lowest BCUT2D eigenvalue weighted by Gasteiger charge is -2.42. The maximum absolute atomic E-state index is 14.2. The first kappa shape index (κ1) is 33.5. The number of amides is 2. The molecule has 0 bridgehead atoms. The van der Waals surface area contributed by atoms with Crippen LogP contribution < -0.4 is 0 Å². The summed E-state index contributed by atoms with van der Waals surface area (Å²) in [5.41, 5.74) is 2.49. The second-order valence-corrected chi connectivity index (χ2v) is 12.9. The monoisotopic (exact) mass is 698 g/mol. The lowest BCUT2D eigenvalue weighted by atomic mass is 10.0. The van der Waals surface area contributed by atoms with Gasteiger partial charge in [-0.2, -0.15) is 18.3 Å². The largest absolute Gasteiger partial charge is 0.434 e. The molecular weight excluding hydrogens is 665 g/mol. The minimum atomic E-state index is -4.79. The summed E-state index contributed by atoms with van der Waals surface area (Å²) in [6, 6.07) is 29.3. The van der Waals surface area contributed by atoms with Crippen LogP contribution in [0.25, 0.3) is 28.2 Å². The van der Waals surface area contributed by atoms with Gasteiger partial charge in [0.1, 0.15) is 0 Å². The predicted octanol–water partition coefficient (Wildman–Crippen LogP) is 7.34. The van der Waals surface area contributed by atoms with E-state index >= 15 is 0 Å². The van der Waals surface area contributed by atoms with E-state index < -0.39 is 23.3 Å². The van der Waals surface area contributed by atoms with E-state index in [-0.39, 0.29) is 17.6 Å². The predicted molar refractivity (Wildman–Crippen MR) is 185 cm³/mol. The Kier molecular flexibility index (Phi) is 9.44. The van der Waals surface area contributed by atoms with Crippen LogP contribution in [0.2, 0.25) is 5.02 Å². The van der Waals surface area contributed by atoms with Gasteiger partial charge in [-0.05, 0) is 49.2 Å². The van der Waals surface area contributed by atoms with Gasteiger partial charge < -0.3 is 9.80 Å². The number of benzene rings is 3. The Morgan fingerprint density at radius 2 is 1.24 bits per heavy atom. The number of aromatic nitrogens is 3. The van der Waals surface area contributed by atoms with Crippen LogP contribution in [-0.4, -0.2) is 86.6 Å². The van der Waals surface area contributed by atoms with Crippen LogP contribution in [0.3, 0.4) is 0 Å². The van der Waals surface area contributed by atoms with Crippen molar-refractivity contribution >= 4 is 23.4 Å². The van der Waals surface area contributed by atoms with Crippen molar-refractivity contribution in [3.8, 4) is 28.2 Å². The molecule has 2 aliphatic heterocycles. The van der Waals surface area contributed by atoms with E-state index in [1.54, 1.807) is 0 Å². The number of carbonyl (C=O) groups excluding carboxylic acids is 2. The normalized spacial score (nSPS) is 16.1. The van der Waals surface area contributed by atoms with Crippen LogP contribution >= 0.6 is 11.6 Å². The van der Waals surface area contributed by atoms with E-state index in [1.165, 1.54) is 29.2 Å². The molecule has 2 saturated heterocycles. The minimum Gasteiger partial charge on any atom is -0.338 e. The zero-order chi connectivity index (χ0) is 34.8.